The smallest absolute Gasteiger partial charge is 0.266 e. The third-order valence-corrected chi connectivity index (χ3v) is 4.84. The first-order valence-corrected chi connectivity index (χ1v) is 7.89. The standard InChI is InChI=1S/C15H9FN2O4S/c1-8-13(22-11-5-9(7-17)4-10(16)6-11)3-2-12-14(8)23(20,21)18-15(12)19/h2-6H,1H3,(H,18,19). The van der Waals surface area contributed by atoms with Gasteiger partial charge in [-0.25, -0.2) is 17.5 Å². The zero-order valence-corrected chi connectivity index (χ0v) is 12.6. The number of carbonyl (C=O) groups is 1. The summed E-state index contributed by atoms with van der Waals surface area (Å²) in [5.41, 5.74) is 0.332. The van der Waals surface area contributed by atoms with E-state index in [0.717, 1.165) is 12.1 Å². The predicted molar refractivity (Wildman–Crippen MR) is 77.0 cm³/mol. The highest BCUT2D eigenvalue weighted by Crippen LogP contribution is 2.34. The zero-order chi connectivity index (χ0) is 16.8. The molecule has 2 aromatic rings. The minimum Gasteiger partial charge on any atom is -0.457 e. The van der Waals surface area contributed by atoms with Crippen LogP contribution in [0.4, 0.5) is 4.39 Å². The molecule has 0 saturated carbocycles. The summed E-state index contributed by atoms with van der Waals surface area (Å²) in [5.74, 6) is -1.15. The van der Waals surface area contributed by atoms with Crippen LogP contribution >= 0.6 is 0 Å². The van der Waals surface area contributed by atoms with Crippen LogP contribution in [0.3, 0.4) is 0 Å². The van der Waals surface area contributed by atoms with Crippen molar-refractivity contribution in [3.05, 3.63) is 52.8 Å². The highest BCUT2D eigenvalue weighted by Gasteiger charge is 2.35. The maximum absolute atomic E-state index is 13.4. The molecule has 0 radical (unpaired) electrons. The van der Waals surface area contributed by atoms with E-state index in [1.54, 1.807) is 6.07 Å². The van der Waals surface area contributed by atoms with Gasteiger partial charge in [-0.3, -0.25) is 4.79 Å². The maximum atomic E-state index is 13.4. The molecule has 1 N–H and O–H groups in total. The lowest BCUT2D eigenvalue weighted by Gasteiger charge is -2.11. The van der Waals surface area contributed by atoms with Gasteiger partial charge in [0.05, 0.1) is 17.2 Å². The van der Waals surface area contributed by atoms with Crippen molar-refractivity contribution in [1.29, 1.82) is 5.26 Å². The second-order valence-corrected chi connectivity index (χ2v) is 6.51. The lowest BCUT2D eigenvalue weighted by Crippen LogP contribution is -2.21. The molecule has 0 atom stereocenters. The average molecular weight is 332 g/mol. The molecule has 0 aliphatic carbocycles. The van der Waals surface area contributed by atoms with Crippen molar-refractivity contribution in [1.82, 2.24) is 4.72 Å². The third kappa shape index (κ3) is 2.51. The number of nitriles is 1. The Hall–Kier alpha value is -2.92. The summed E-state index contributed by atoms with van der Waals surface area (Å²) >= 11 is 0. The summed E-state index contributed by atoms with van der Waals surface area (Å²) in [4.78, 5) is 11.5. The van der Waals surface area contributed by atoms with Crippen molar-refractivity contribution >= 4 is 15.9 Å². The fourth-order valence-electron chi connectivity index (χ4n) is 2.35. The minimum atomic E-state index is -3.93. The van der Waals surface area contributed by atoms with Crippen LogP contribution < -0.4 is 9.46 Å². The van der Waals surface area contributed by atoms with E-state index in [2.05, 4.69) is 0 Å². The van der Waals surface area contributed by atoms with Crippen molar-refractivity contribution in [2.45, 2.75) is 11.8 Å². The Morgan fingerprint density at radius 3 is 2.70 bits per heavy atom. The number of nitrogens with one attached hydrogen (secondary N) is 1. The highest BCUT2D eigenvalue weighted by molar-refractivity contribution is 7.90. The SMILES string of the molecule is Cc1c(Oc2cc(F)cc(C#N)c2)ccc2c1S(=O)(=O)NC2=O. The Morgan fingerprint density at radius 2 is 2.00 bits per heavy atom. The lowest BCUT2D eigenvalue weighted by atomic mass is 10.1. The van der Waals surface area contributed by atoms with E-state index in [0.29, 0.717) is 0 Å². The van der Waals surface area contributed by atoms with Gasteiger partial charge >= 0.3 is 0 Å². The number of sulfonamides is 1. The summed E-state index contributed by atoms with van der Waals surface area (Å²) in [6.45, 7) is 1.48. The second kappa shape index (κ2) is 5.07. The molecule has 23 heavy (non-hydrogen) atoms. The molecular weight excluding hydrogens is 323 g/mol. The number of amides is 1. The van der Waals surface area contributed by atoms with Gasteiger partial charge in [-0.2, -0.15) is 5.26 Å². The fraction of sp³-hybridized carbons (Fsp3) is 0.0667. The first-order chi connectivity index (χ1) is 10.8. The number of ether oxygens (including phenoxy) is 1. The summed E-state index contributed by atoms with van der Waals surface area (Å²) in [6.07, 6.45) is 0. The predicted octanol–water partition coefficient (Wildman–Crippen LogP) is 2.23. The number of fused-ring (bicyclic) bond motifs is 1. The summed E-state index contributed by atoms with van der Waals surface area (Å²) in [6, 6.07) is 8.00. The number of carbonyl (C=O) groups excluding carboxylic acids is 1. The Kier molecular flexibility index (Phi) is 3.30. The van der Waals surface area contributed by atoms with E-state index >= 15 is 0 Å². The molecule has 8 heteroatoms. The van der Waals surface area contributed by atoms with Crippen LogP contribution in [-0.4, -0.2) is 14.3 Å². The third-order valence-electron chi connectivity index (χ3n) is 3.32. The van der Waals surface area contributed by atoms with Crippen LogP contribution in [0.1, 0.15) is 21.5 Å². The quantitative estimate of drug-likeness (QED) is 0.909. The molecule has 0 saturated heterocycles. The number of rotatable bonds is 2. The van der Waals surface area contributed by atoms with Crippen LogP contribution in [0, 0.1) is 24.1 Å². The number of halogens is 1. The molecule has 1 amide bonds. The van der Waals surface area contributed by atoms with Crippen LogP contribution in [0.5, 0.6) is 11.5 Å². The Balaban J connectivity index is 2.09. The molecule has 0 aromatic heterocycles. The normalized spacial score (nSPS) is 14.7. The molecule has 0 unspecified atom stereocenters. The Bertz CT molecular complexity index is 993. The molecule has 0 fully saturated rings. The van der Waals surface area contributed by atoms with Gasteiger partial charge in [-0.1, -0.05) is 0 Å². The van der Waals surface area contributed by atoms with Gasteiger partial charge in [-0.15, -0.1) is 0 Å². The van der Waals surface area contributed by atoms with Gasteiger partial charge in [-0.05, 0) is 31.2 Å². The van der Waals surface area contributed by atoms with Crippen LogP contribution in [0.2, 0.25) is 0 Å². The molecular formula is C15H9FN2O4S. The average Bonchev–Trinajstić information content (AvgIpc) is 2.71. The topological polar surface area (TPSA) is 96.3 Å². The van der Waals surface area contributed by atoms with E-state index in [1.165, 1.54) is 25.1 Å². The van der Waals surface area contributed by atoms with Crippen LogP contribution in [0.25, 0.3) is 0 Å². The molecule has 6 nitrogen and oxygen atoms in total. The Labute approximate surface area is 131 Å². The van der Waals surface area contributed by atoms with Gasteiger partial charge in [0.2, 0.25) is 0 Å². The fourth-order valence-corrected chi connectivity index (χ4v) is 3.76. The molecule has 3 rings (SSSR count). The van der Waals surface area contributed by atoms with E-state index in [9.17, 15) is 17.6 Å². The molecule has 1 aliphatic rings. The maximum Gasteiger partial charge on any atom is 0.266 e. The monoisotopic (exact) mass is 332 g/mol. The molecule has 1 heterocycles. The van der Waals surface area contributed by atoms with E-state index in [4.69, 9.17) is 10.00 Å². The molecule has 1 aliphatic heterocycles. The van der Waals surface area contributed by atoms with Gasteiger partial charge in [0.25, 0.3) is 15.9 Å². The Morgan fingerprint density at radius 1 is 1.26 bits per heavy atom. The largest absolute Gasteiger partial charge is 0.457 e. The molecule has 0 bridgehead atoms. The van der Waals surface area contributed by atoms with Crippen molar-refractivity contribution in [2.24, 2.45) is 0 Å². The van der Waals surface area contributed by atoms with Crippen molar-refractivity contribution in [3.8, 4) is 17.6 Å². The van der Waals surface area contributed by atoms with E-state index in [1.807, 2.05) is 4.72 Å². The van der Waals surface area contributed by atoms with Crippen LogP contribution in [-0.2, 0) is 10.0 Å². The van der Waals surface area contributed by atoms with Crippen molar-refractivity contribution in [3.63, 3.8) is 0 Å². The summed E-state index contributed by atoms with van der Waals surface area (Å²) < 4.78 is 44.7. The van der Waals surface area contributed by atoms with Gasteiger partial charge < -0.3 is 4.74 Å². The van der Waals surface area contributed by atoms with Gasteiger partial charge in [0.15, 0.2) is 0 Å². The first kappa shape index (κ1) is 15.0. The number of hydrogen-bond acceptors (Lipinski definition) is 5. The summed E-state index contributed by atoms with van der Waals surface area (Å²) in [5, 5.41) is 8.83. The number of hydrogen-bond donors (Lipinski definition) is 1. The van der Waals surface area contributed by atoms with E-state index in [-0.39, 0.29) is 33.1 Å². The minimum absolute atomic E-state index is 0.0341. The molecule has 0 spiro atoms. The summed E-state index contributed by atoms with van der Waals surface area (Å²) in [7, 11) is -3.93. The van der Waals surface area contributed by atoms with E-state index < -0.39 is 21.7 Å². The first-order valence-electron chi connectivity index (χ1n) is 6.41. The van der Waals surface area contributed by atoms with Crippen LogP contribution in [0.15, 0.2) is 35.2 Å². The molecule has 2 aromatic carbocycles. The molecule has 116 valence electrons. The zero-order valence-electron chi connectivity index (χ0n) is 11.8. The van der Waals surface area contributed by atoms with Gasteiger partial charge in [0.1, 0.15) is 22.2 Å². The van der Waals surface area contributed by atoms with Crippen molar-refractivity contribution < 1.29 is 22.3 Å². The number of nitrogens with zero attached hydrogens (tertiary/aromatic N) is 1. The lowest BCUT2D eigenvalue weighted by molar-refractivity contribution is 0.0985. The van der Waals surface area contributed by atoms with Crippen molar-refractivity contribution in [2.75, 3.05) is 0 Å². The highest BCUT2D eigenvalue weighted by atomic mass is 32.2. The van der Waals surface area contributed by atoms with Gasteiger partial charge in [0, 0.05) is 11.6 Å². The second-order valence-electron chi connectivity index (χ2n) is 4.89. The number of benzene rings is 2.